The van der Waals surface area contributed by atoms with E-state index in [2.05, 4.69) is 31.7 Å². The van der Waals surface area contributed by atoms with E-state index in [0.717, 1.165) is 17.6 Å². The monoisotopic (exact) mass is 178 g/mol. The van der Waals surface area contributed by atoms with Crippen LogP contribution in [0, 0.1) is 11.8 Å². The molecular weight excluding hydrogens is 164 g/mol. The lowest BCUT2D eigenvalue weighted by Gasteiger charge is -2.05. The maximum atomic E-state index is 3.90. The molecule has 0 aliphatic heterocycles. The molecule has 1 saturated carbocycles. The first-order chi connectivity index (χ1) is 5.75. The second-order valence-corrected chi connectivity index (χ2v) is 4.79. The minimum Gasteiger partial charge on any atom is -0.122 e. The van der Waals surface area contributed by atoms with Crippen molar-refractivity contribution in [2.45, 2.75) is 13.3 Å². The van der Waals surface area contributed by atoms with Gasteiger partial charge in [0, 0.05) is 10.7 Å². The van der Waals surface area contributed by atoms with Crippen molar-refractivity contribution in [3.63, 3.8) is 0 Å². The van der Waals surface area contributed by atoms with Crippen LogP contribution >= 0.6 is 11.8 Å². The van der Waals surface area contributed by atoms with Crippen LogP contribution in [0.2, 0.25) is 0 Å². The quantitative estimate of drug-likeness (QED) is 0.597. The zero-order valence-electron chi connectivity index (χ0n) is 7.42. The van der Waals surface area contributed by atoms with Gasteiger partial charge in [0.25, 0.3) is 0 Å². The standard InChI is InChI=1S/C11H14S/c1-8(2)7-12-11-4-3-9-5-10(9)6-11/h3-4,6,9-10H,1,5,7H2,2H3. The second kappa shape index (κ2) is 3.14. The molecule has 0 spiro atoms. The van der Waals surface area contributed by atoms with Crippen LogP contribution < -0.4 is 0 Å². The molecule has 0 aromatic carbocycles. The molecule has 1 fully saturated rings. The van der Waals surface area contributed by atoms with E-state index in [4.69, 9.17) is 0 Å². The highest BCUT2D eigenvalue weighted by Gasteiger charge is 2.34. The molecule has 2 aliphatic rings. The van der Waals surface area contributed by atoms with E-state index in [9.17, 15) is 0 Å². The minimum absolute atomic E-state index is 0.877. The molecule has 12 heavy (non-hydrogen) atoms. The molecule has 0 amide bonds. The molecule has 2 aliphatic carbocycles. The Balaban J connectivity index is 1.88. The Bertz CT molecular complexity index is 260. The smallest absolute Gasteiger partial charge is 0.0185 e. The number of rotatable bonds is 3. The van der Waals surface area contributed by atoms with E-state index < -0.39 is 0 Å². The first-order valence-corrected chi connectivity index (χ1v) is 5.41. The van der Waals surface area contributed by atoms with Gasteiger partial charge in [0.15, 0.2) is 0 Å². The van der Waals surface area contributed by atoms with Crippen molar-refractivity contribution in [3.8, 4) is 0 Å². The topological polar surface area (TPSA) is 0 Å². The molecule has 0 bridgehead atoms. The summed E-state index contributed by atoms with van der Waals surface area (Å²) in [6.07, 6.45) is 8.42. The van der Waals surface area contributed by atoms with Crippen LogP contribution in [0.5, 0.6) is 0 Å². The van der Waals surface area contributed by atoms with Gasteiger partial charge in [-0.3, -0.25) is 0 Å². The van der Waals surface area contributed by atoms with Crippen LogP contribution in [0.3, 0.4) is 0 Å². The zero-order valence-corrected chi connectivity index (χ0v) is 8.23. The normalized spacial score (nSPS) is 30.9. The number of hydrogen-bond acceptors (Lipinski definition) is 1. The third-order valence-corrected chi connectivity index (χ3v) is 3.51. The third-order valence-electron chi connectivity index (χ3n) is 2.26. The van der Waals surface area contributed by atoms with Crippen molar-refractivity contribution in [3.05, 3.63) is 35.3 Å². The summed E-state index contributed by atoms with van der Waals surface area (Å²) in [5.74, 6) is 2.83. The van der Waals surface area contributed by atoms with Gasteiger partial charge in [0.05, 0.1) is 0 Å². The van der Waals surface area contributed by atoms with Gasteiger partial charge < -0.3 is 0 Å². The molecule has 0 saturated heterocycles. The van der Waals surface area contributed by atoms with Crippen LogP contribution in [0.25, 0.3) is 0 Å². The Labute approximate surface area is 78.4 Å². The Kier molecular flexibility index (Phi) is 2.14. The maximum absolute atomic E-state index is 3.90. The van der Waals surface area contributed by atoms with Crippen molar-refractivity contribution in [2.24, 2.45) is 11.8 Å². The van der Waals surface area contributed by atoms with E-state index >= 15 is 0 Å². The third kappa shape index (κ3) is 1.84. The van der Waals surface area contributed by atoms with Crippen molar-refractivity contribution in [1.82, 2.24) is 0 Å². The van der Waals surface area contributed by atoms with Gasteiger partial charge in [-0.1, -0.05) is 30.4 Å². The molecule has 0 aromatic rings. The zero-order chi connectivity index (χ0) is 8.55. The summed E-state index contributed by atoms with van der Waals surface area (Å²) in [6, 6.07) is 0. The van der Waals surface area contributed by atoms with Gasteiger partial charge in [0.2, 0.25) is 0 Å². The van der Waals surface area contributed by atoms with Crippen molar-refractivity contribution < 1.29 is 0 Å². The van der Waals surface area contributed by atoms with Crippen LogP contribution in [0.4, 0.5) is 0 Å². The summed E-state index contributed by atoms with van der Waals surface area (Å²) in [7, 11) is 0. The molecule has 0 N–H and O–H groups in total. The van der Waals surface area contributed by atoms with E-state index in [1.807, 2.05) is 11.8 Å². The molecule has 1 heteroatoms. The molecule has 2 unspecified atom stereocenters. The highest BCUT2D eigenvalue weighted by molar-refractivity contribution is 8.03. The molecule has 2 rings (SSSR count). The lowest BCUT2D eigenvalue weighted by atomic mass is 10.2. The maximum Gasteiger partial charge on any atom is 0.0185 e. The molecule has 2 atom stereocenters. The van der Waals surface area contributed by atoms with Gasteiger partial charge in [0.1, 0.15) is 0 Å². The summed E-state index contributed by atoms with van der Waals surface area (Å²) >= 11 is 1.91. The number of fused-ring (bicyclic) bond motifs is 1. The van der Waals surface area contributed by atoms with E-state index in [1.54, 1.807) is 0 Å². The van der Waals surface area contributed by atoms with Gasteiger partial charge >= 0.3 is 0 Å². The number of thioether (sulfide) groups is 1. The summed E-state index contributed by atoms with van der Waals surface area (Å²) in [4.78, 5) is 1.44. The first kappa shape index (κ1) is 8.18. The van der Waals surface area contributed by atoms with Crippen LogP contribution in [-0.4, -0.2) is 5.75 Å². The summed E-state index contributed by atoms with van der Waals surface area (Å²) in [5, 5.41) is 0. The summed E-state index contributed by atoms with van der Waals surface area (Å²) in [5.41, 5.74) is 1.26. The first-order valence-electron chi connectivity index (χ1n) is 4.43. The molecule has 0 heterocycles. The van der Waals surface area contributed by atoms with Crippen molar-refractivity contribution in [1.29, 1.82) is 0 Å². The average Bonchev–Trinajstić information content (AvgIpc) is 2.78. The van der Waals surface area contributed by atoms with Crippen molar-refractivity contribution >= 4 is 11.8 Å². The Morgan fingerprint density at radius 1 is 1.67 bits per heavy atom. The summed E-state index contributed by atoms with van der Waals surface area (Å²) in [6.45, 7) is 5.98. The number of allylic oxidation sites excluding steroid dienone is 3. The minimum atomic E-state index is 0.877. The average molecular weight is 178 g/mol. The van der Waals surface area contributed by atoms with Crippen LogP contribution in [-0.2, 0) is 0 Å². The van der Waals surface area contributed by atoms with E-state index in [-0.39, 0.29) is 0 Å². The fourth-order valence-corrected chi connectivity index (χ4v) is 2.30. The molecular formula is C11H14S. The van der Waals surface area contributed by atoms with Crippen molar-refractivity contribution in [2.75, 3.05) is 5.75 Å². The fourth-order valence-electron chi connectivity index (χ4n) is 1.44. The predicted molar refractivity (Wildman–Crippen MR) is 56.1 cm³/mol. The highest BCUT2D eigenvalue weighted by Crippen LogP contribution is 2.46. The number of hydrogen-bond donors (Lipinski definition) is 0. The molecule has 0 nitrogen and oxygen atoms in total. The van der Waals surface area contributed by atoms with Crippen LogP contribution in [0.1, 0.15) is 13.3 Å². The predicted octanol–water partition coefficient (Wildman–Crippen LogP) is 3.39. The van der Waals surface area contributed by atoms with Gasteiger partial charge in [-0.25, -0.2) is 0 Å². The molecule has 64 valence electrons. The Morgan fingerprint density at radius 3 is 3.17 bits per heavy atom. The lowest BCUT2D eigenvalue weighted by molar-refractivity contribution is 0.977. The fraction of sp³-hybridized carbons (Fsp3) is 0.455. The molecule has 0 aromatic heterocycles. The van der Waals surface area contributed by atoms with Gasteiger partial charge in [-0.2, -0.15) is 0 Å². The van der Waals surface area contributed by atoms with Crippen LogP contribution in [0.15, 0.2) is 35.3 Å². The largest absolute Gasteiger partial charge is 0.122 e. The van der Waals surface area contributed by atoms with Gasteiger partial charge in [-0.05, 0) is 25.2 Å². The SMILES string of the molecule is C=C(C)CSC1=CC2CC2C=C1. The second-order valence-electron chi connectivity index (χ2n) is 3.74. The highest BCUT2D eigenvalue weighted by atomic mass is 32.2. The Morgan fingerprint density at radius 2 is 2.50 bits per heavy atom. The van der Waals surface area contributed by atoms with E-state index in [0.29, 0.717) is 0 Å². The Hall–Kier alpha value is -0.430. The summed E-state index contributed by atoms with van der Waals surface area (Å²) < 4.78 is 0. The molecule has 0 radical (unpaired) electrons. The lowest BCUT2D eigenvalue weighted by Crippen LogP contribution is -1.86. The van der Waals surface area contributed by atoms with Gasteiger partial charge in [-0.15, -0.1) is 11.8 Å². The van der Waals surface area contributed by atoms with E-state index in [1.165, 1.54) is 16.9 Å².